The molecule has 4 saturated carbocycles. The number of benzene rings is 1. The highest BCUT2D eigenvalue weighted by atomic mass is 19.1. The van der Waals surface area contributed by atoms with Gasteiger partial charge in [-0.2, -0.15) is 0 Å². The molecular weight excluding hydrogens is 349 g/mol. The van der Waals surface area contributed by atoms with Crippen LogP contribution in [0.1, 0.15) is 63.9 Å². The van der Waals surface area contributed by atoms with Gasteiger partial charge in [0.15, 0.2) is 0 Å². The van der Waals surface area contributed by atoms with Gasteiger partial charge in [-0.1, -0.05) is 37.3 Å². The van der Waals surface area contributed by atoms with Gasteiger partial charge in [-0.25, -0.2) is 0 Å². The van der Waals surface area contributed by atoms with Crippen LogP contribution in [0.4, 0.5) is 4.39 Å². The minimum Gasteiger partial charge on any atom is -0.316 e. The van der Waals surface area contributed by atoms with Gasteiger partial charge in [0.1, 0.15) is 5.78 Å². The summed E-state index contributed by atoms with van der Waals surface area (Å²) in [6.07, 6.45) is 7.68. The summed E-state index contributed by atoms with van der Waals surface area (Å²) >= 11 is 0. The zero-order valence-electron chi connectivity index (χ0n) is 17.2. The molecule has 4 aliphatic carbocycles. The second-order valence-corrected chi connectivity index (χ2v) is 10.9. The fourth-order valence-electron chi connectivity index (χ4n) is 8.04. The van der Waals surface area contributed by atoms with Crippen molar-refractivity contribution in [2.45, 2.75) is 63.7 Å². The molecule has 152 valence electrons. The SMILES string of the molecule is CC1CNCCC1CC(=O)C12CC3C[C@@](CF)(C1)C[C@](c1ccccc1)(C3)C2. The predicted octanol–water partition coefficient (Wildman–Crippen LogP) is 5.07. The van der Waals surface area contributed by atoms with Crippen molar-refractivity contribution in [2.24, 2.45) is 28.6 Å². The van der Waals surface area contributed by atoms with Crippen LogP contribution in [0.2, 0.25) is 0 Å². The Bertz CT molecular complexity index is 750. The zero-order chi connectivity index (χ0) is 19.4. The molecule has 1 N–H and O–H groups in total. The monoisotopic (exact) mass is 383 g/mol. The van der Waals surface area contributed by atoms with E-state index in [1.54, 1.807) is 0 Å². The Morgan fingerprint density at radius 2 is 1.96 bits per heavy atom. The van der Waals surface area contributed by atoms with Gasteiger partial charge in [-0.15, -0.1) is 0 Å². The summed E-state index contributed by atoms with van der Waals surface area (Å²) in [5.41, 5.74) is 0.836. The highest BCUT2D eigenvalue weighted by molar-refractivity contribution is 5.86. The fourth-order valence-corrected chi connectivity index (χ4v) is 8.04. The Balaban J connectivity index is 1.48. The third-order valence-corrected chi connectivity index (χ3v) is 8.86. The van der Waals surface area contributed by atoms with E-state index in [0.717, 1.165) is 58.0 Å². The maximum absolute atomic E-state index is 14.5. The largest absolute Gasteiger partial charge is 0.316 e. The molecule has 28 heavy (non-hydrogen) atoms. The summed E-state index contributed by atoms with van der Waals surface area (Å²) < 4.78 is 14.5. The minimum atomic E-state index is -0.272. The van der Waals surface area contributed by atoms with Crippen LogP contribution < -0.4 is 5.32 Å². The van der Waals surface area contributed by atoms with Gasteiger partial charge in [0.25, 0.3) is 0 Å². The van der Waals surface area contributed by atoms with E-state index in [1.165, 1.54) is 5.56 Å². The lowest BCUT2D eigenvalue weighted by atomic mass is 9.37. The van der Waals surface area contributed by atoms with E-state index in [2.05, 4.69) is 42.6 Å². The number of piperidine rings is 1. The van der Waals surface area contributed by atoms with Crippen molar-refractivity contribution >= 4 is 5.78 Å². The maximum atomic E-state index is 14.5. The van der Waals surface area contributed by atoms with Gasteiger partial charge in [0.2, 0.25) is 0 Å². The van der Waals surface area contributed by atoms with E-state index in [1.807, 2.05) is 0 Å². The fraction of sp³-hybridized carbons (Fsp3) is 0.720. The first kappa shape index (κ1) is 18.8. The van der Waals surface area contributed by atoms with Crippen molar-refractivity contribution in [3.63, 3.8) is 0 Å². The molecule has 3 heteroatoms. The number of Topliss-reactive ketones (excluding diaryl/α,β-unsaturated/α-hetero) is 1. The highest BCUT2D eigenvalue weighted by Gasteiger charge is 2.65. The summed E-state index contributed by atoms with van der Waals surface area (Å²) in [5.74, 6) is 2.04. The molecule has 4 unspecified atom stereocenters. The molecule has 1 aromatic rings. The van der Waals surface area contributed by atoms with Crippen LogP contribution in [-0.2, 0) is 10.2 Å². The molecule has 5 fully saturated rings. The van der Waals surface area contributed by atoms with E-state index < -0.39 is 0 Å². The number of hydrogen-bond donors (Lipinski definition) is 1. The third-order valence-electron chi connectivity index (χ3n) is 8.86. The van der Waals surface area contributed by atoms with Crippen molar-refractivity contribution in [3.8, 4) is 0 Å². The summed E-state index contributed by atoms with van der Waals surface area (Å²) in [5, 5.41) is 3.45. The zero-order valence-corrected chi connectivity index (χ0v) is 17.2. The highest BCUT2D eigenvalue weighted by Crippen LogP contribution is 2.70. The molecule has 6 atom stereocenters. The Kier molecular flexibility index (Phi) is 4.46. The predicted molar refractivity (Wildman–Crippen MR) is 110 cm³/mol. The Morgan fingerprint density at radius 3 is 2.71 bits per heavy atom. The van der Waals surface area contributed by atoms with Crippen molar-refractivity contribution < 1.29 is 9.18 Å². The molecule has 0 radical (unpaired) electrons. The summed E-state index contributed by atoms with van der Waals surface area (Å²) in [6.45, 7) is 4.07. The molecule has 1 aromatic carbocycles. The first-order valence-corrected chi connectivity index (χ1v) is 11.3. The van der Waals surface area contributed by atoms with E-state index in [4.69, 9.17) is 0 Å². The van der Waals surface area contributed by atoms with E-state index in [0.29, 0.717) is 30.0 Å². The molecule has 1 aliphatic heterocycles. The number of ketones is 1. The molecule has 1 heterocycles. The number of nitrogens with one attached hydrogen (secondary N) is 1. The molecule has 0 spiro atoms. The van der Waals surface area contributed by atoms with E-state index >= 15 is 0 Å². The second-order valence-electron chi connectivity index (χ2n) is 10.9. The average Bonchev–Trinajstić information content (AvgIpc) is 2.69. The average molecular weight is 384 g/mol. The van der Waals surface area contributed by atoms with Crippen molar-refractivity contribution in [1.82, 2.24) is 5.32 Å². The second kappa shape index (κ2) is 6.65. The number of rotatable bonds is 5. The lowest BCUT2D eigenvalue weighted by Gasteiger charge is -2.66. The first-order valence-electron chi connectivity index (χ1n) is 11.3. The number of alkyl halides is 1. The molecule has 5 aliphatic rings. The van der Waals surface area contributed by atoms with Crippen molar-refractivity contribution in [3.05, 3.63) is 35.9 Å². The molecule has 1 saturated heterocycles. The molecule has 6 rings (SSSR count). The number of halogens is 1. The van der Waals surface area contributed by atoms with E-state index in [-0.39, 0.29) is 22.9 Å². The van der Waals surface area contributed by atoms with Crippen molar-refractivity contribution in [1.29, 1.82) is 0 Å². The minimum absolute atomic E-state index is 0.0160. The summed E-state index contributed by atoms with van der Waals surface area (Å²) in [6, 6.07) is 10.7. The van der Waals surface area contributed by atoms with Crippen LogP contribution in [-0.4, -0.2) is 25.5 Å². The quantitative estimate of drug-likeness (QED) is 0.769. The Labute approximate surface area is 168 Å². The molecular formula is C25H34FNO. The summed E-state index contributed by atoms with van der Waals surface area (Å²) in [4.78, 5) is 13.8. The van der Waals surface area contributed by atoms with Gasteiger partial charge in [-0.05, 0) is 86.8 Å². The van der Waals surface area contributed by atoms with Crippen LogP contribution in [0.3, 0.4) is 0 Å². The Morgan fingerprint density at radius 1 is 1.14 bits per heavy atom. The number of carbonyl (C=O) groups is 1. The lowest BCUT2D eigenvalue weighted by molar-refractivity contribution is -0.164. The molecule has 0 aromatic heterocycles. The third kappa shape index (κ3) is 2.88. The van der Waals surface area contributed by atoms with Crippen molar-refractivity contribution in [2.75, 3.05) is 19.8 Å². The van der Waals surface area contributed by atoms with Crippen LogP contribution in [0.15, 0.2) is 30.3 Å². The molecule has 2 nitrogen and oxygen atoms in total. The van der Waals surface area contributed by atoms with E-state index in [9.17, 15) is 9.18 Å². The van der Waals surface area contributed by atoms with Crippen LogP contribution >= 0.6 is 0 Å². The van der Waals surface area contributed by atoms with Crippen LogP contribution in [0.25, 0.3) is 0 Å². The van der Waals surface area contributed by atoms with Gasteiger partial charge < -0.3 is 5.32 Å². The van der Waals surface area contributed by atoms with Gasteiger partial charge >= 0.3 is 0 Å². The van der Waals surface area contributed by atoms with Gasteiger partial charge in [0.05, 0.1) is 6.67 Å². The normalized spacial score (nSPS) is 44.6. The lowest BCUT2D eigenvalue weighted by Crippen LogP contribution is -2.61. The summed E-state index contributed by atoms with van der Waals surface area (Å²) in [7, 11) is 0. The maximum Gasteiger partial charge on any atom is 0.139 e. The smallest absolute Gasteiger partial charge is 0.139 e. The standard InChI is InChI=1S/C25H34FNO/c1-18-13-27-8-7-20(18)9-22(28)25-12-19-10-23(15-25,17-26)14-24(11-19,16-25)21-5-3-2-4-6-21/h2-6,18-20,27H,7-17H2,1H3/t18?,19?,20?,23-,24+,25?/m0/s1. The topological polar surface area (TPSA) is 29.1 Å². The number of carbonyl (C=O) groups excluding carboxylic acids is 1. The van der Waals surface area contributed by atoms with Crippen LogP contribution in [0.5, 0.6) is 0 Å². The van der Waals surface area contributed by atoms with Gasteiger partial charge in [0, 0.05) is 17.3 Å². The Hall–Kier alpha value is -1.22. The van der Waals surface area contributed by atoms with Gasteiger partial charge in [-0.3, -0.25) is 9.18 Å². The molecule has 0 amide bonds. The molecule has 4 bridgehead atoms. The first-order chi connectivity index (χ1) is 13.5. The number of hydrogen-bond acceptors (Lipinski definition) is 2. The van der Waals surface area contributed by atoms with Crippen LogP contribution in [0, 0.1) is 28.6 Å².